The van der Waals surface area contributed by atoms with Crippen LogP contribution >= 0.6 is 0 Å². The maximum Gasteiger partial charge on any atom is 0.0909 e. The molecule has 0 amide bonds. The maximum absolute atomic E-state index is 2.72. The molecule has 0 radical (unpaired) electrons. The fourth-order valence-electron chi connectivity index (χ4n) is 3.16. The summed E-state index contributed by atoms with van der Waals surface area (Å²) in [6.07, 6.45) is 6.02. The number of nitrogens with zero attached hydrogens (tertiary/aromatic N) is 2. The first-order valence-corrected chi connectivity index (χ1v) is 6.56. The number of fused-ring (bicyclic) bond motifs is 2. The molecule has 1 aliphatic carbocycles. The average molecular weight is 338 g/mol. The SMILES string of the molecule is C[N+](C)(C)CCN1CC2CCCC(C2)C1.[I-]. The molecule has 0 aromatic rings. The van der Waals surface area contributed by atoms with Crippen LogP contribution in [-0.4, -0.2) is 56.7 Å². The first-order chi connectivity index (χ1) is 7.03. The largest absolute Gasteiger partial charge is 1.00 e. The van der Waals surface area contributed by atoms with Crippen molar-refractivity contribution in [1.82, 2.24) is 4.90 Å². The average Bonchev–Trinajstić information content (AvgIpc) is 2.13. The highest BCUT2D eigenvalue weighted by atomic mass is 127. The lowest BCUT2D eigenvalue weighted by molar-refractivity contribution is -0.869. The zero-order valence-corrected chi connectivity index (χ0v) is 13.2. The zero-order chi connectivity index (χ0) is 10.9. The van der Waals surface area contributed by atoms with Gasteiger partial charge in [-0.1, -0.05) is 6.42 Å². The molecule has 0 N–H and O–H groups in total. The number of rotatable bonds is 3. The minimum atomic E-state index is 0. The fraction of sp³-hybridized carbons (Fsp3) is 1.00. The van der Waals surface area contributed by atoms with Gasteiger partial charge in [0.15, 0.2) is 0 Å². The van der Waals surface area contributed by atoms with Gasteiger partial charge >= 0.3 is 0 Å². The molecule has 16 heavy (non-hydrogen) atoms. The van der Waals surface area contributed by atoms with E-state index in [1.807, 2.05) is 0 Å². The van der Waals surface area contributed by atoms with Crippen LogP contribution in [0.1, 0.15) is 25.7 Å². The third kappa shape index (κ3) is 4.49. The van der Waals surface area contributed by atoms with E-state index < -0.39 is 0 Å². The first-order valence-electron chi connectivity index (χ1n) is 6.56. The van der Waals surface area contributed by atoms with Gasteiger partial charge in [0, 0.05) is 19.6 Å². The molecule has 2 aliphatic rings. The second-order valence-electron chi connectivity index (χ2n) is 6.67. The van der Waals surface area contributed by atoms with Crippen molar-refractivity contribution in [2.75, 3.05) is 47.3 Å². The monoisotopic (exact) mass is 338 g/mol. The molecule has 3 heteroatoms. The van der Waals surface area contributed by atoms with E-state index in [-0.39, 0.29) is 24.0 Å². The van der Waals surface area contributed by atoms with Crippen molar-refractivity contribution in [2.45, 2.75) is 25.7 Å². The molecule has 1 heterocycles. The normalized spacial score (nSPS) is 30.9. The summed E-state index contributed by atoms with van der Waals surface area (Å²) < 4.78 is 1.10. The Morgan fingerprint density at radius 1 is 1.06 bits per heavy atom. The Bertz CT molecular complexity index is 200. The highest BCUT2D eigenvalue weighted by Crippen LogP contribution is 2.34. The molecule has 1 saturated heterocycles. The summed E-state index contributed by atoms with van der Waals surface area (Å²) in [5.74, 6) is 2.06. The van der Waals surface area contributed by atoms with Crippen molar-refractivity contribution in [3.8, 4) is 0 Å². The zero-order valence-electron chi connectivity index (χ0n) is 11.1. The van der Waals surface area contributed by atoms with Gasteiger partial charge in [-0.2, -0.15) is 0 Å². The highest BCUT2D eigenvalue weighted by Gasteiger charge is 2.30. The van der Waals surface area contributed by atoms with Gasteiger partial charge in [0.1, 0.15) is 0 Å². The van der Waals surface area contributed by atoms with Gasteiger partial charge in [-0.25, -0.2) is 0 Å². The van der Waals surface area contributed by atoms with Crippen molar-refractivity contribution >= 4 is 0 Å². The maximum atomic E-state index is 2.72. The second-order valence-corrected chi connectivity index (χ2v) is 6.67. The van der Waals surface area contributed by atoms with Gasteiger partial charge < -0.3 is 28.5 Å². The quantitative estimate of drug-likeness (QED) is 0.463. The molecule has 1 aliphatic heterocycles. The van der Waals surface area contributed by atoms with E-state index in [1.54, 1.807) is 0 Å². The molecule has 1 saturated carbocycles. The van der Waals surface area contributed by atoms with Crippen LogP contribution in [0, 0.1) is 11.8 Å². The van der Waals surface area contributed by atoms with Crippen molar-refractivity contribution in [3.63, 3.8) is 0 Å². The molecule has 2 rings (SSSR count). The van der Waals surface area contributed by atoms with E-state index in [2.05, 4.69) is 26.0 Å². The third-order valence-corrected chi connectivity index (χ3v) is 4.01. The Kier molecular flexibility index (Phi) is 5.52. The Morgan fingerprint density at radius 3 is 2.12 bits per heavy atom. The van der Waals surface area contributed by atoms with E-state index in [0.717, 1.165) is 16.3 Å². The first kappa shape index (κ1) is 14.7. The minimum absolute atomic E-state index is 0. The summed E-state index contributed by atoms with van der Waals surface area (Å²) in [5, 5.41) is 0. The standard InChI is InChI=1S/C13H27N2.HI/c1-15(2,3)8-7-14-10-12-5-4-6-13(9-12)11-14;/h12-13H,4-11H2,1-3H3;1H/q+1;/p-1. The molecule has 0 aromatic heterocycles. The van der Waals surface area contributed by atoms with Crippen LogP contribution in [0.3, 0.4) is 0 Å². The Balaban J connectivity index is 0.00000128. The van der Waals surface area contributed by atoms with Gasteiger partial charge in [0.25, 0.3) is 0 Å². The Labute approximate surface area is 118 Å². The van der Waals surface area contributed by atoms with Crippen molar-refractivity contribution in [1.29, 1.82) is 0 Å². The summed E-state index contributed by atoms with van der Waals surface area (Å²) in [6, 6.07) is 0. The smallest absolute Gasteiger partial charge is 0.0909 e. The number of hydrogen-bond donors (Lipinski definition) is 0. The molecule has 0 spiro atoms. The molecule has 2 nitrogen and oxygen atoms in total. The highest BCUT2D eigenvalue weighted by molar-refractivity contribution is 4.83. The molecule has 2 fully saturated rings. The van der Waals surface area contributed by atoms with Crippen molar-refractivity contribution in [3.05, 3.63) is 0 Å². The number of quaternary nitrogens is 1. The second kappa shape index (κ2) is 6.01. The molecule has 2 unspecified atom stereocenters. The van der Waals surface area contributed by atoms with Gasteiger partial charge in [0.05, 0.1) is 27.7 Å². The van der Waals surface area contributed by atoms with Crippen molar-refractivity contribution in [2.24, 2.45) is 11.8 Å². The summed E-state index contributed by atoms with van der Waals surface area (Å²) in [5.41, 5.74) is 0. The molecular weight excluding hydrogens is 311 g/mol. The number of likely N-dealkylation sites (tertiary alicyclic amines) is 1. The van der Waals surface area contributed by atoms with E-state index in [4.69, 9.17) is 0 Å². The van der Waals surface area contributed by atoms with E-state index in [0.29, 0.717) is 0 Å². The molecule has 0 aromatic carbocycles. The lowest BCUT2D eigenvalue weighted by atomic mass is 9.78. The number of hydrogen-bond acceptors (Lipinski definition) is 1. The lowest BCUT2D eigenvalue weighted by Crippen LogP contribution is -3.00. The van der Waals surface area contributed by atoms with Crippen LogP contribution < -0.4 is 24.0 Å². The number of halogens is 1. The topological polar surface area (TPSA) is 3.24 Å². The van der Waals surface area contributed by atoms with Gasteiger partial charge in [-0.05, 0) is 31.1 Å². The summed E-state index contributed by atoms with van der Waals surface area (Å²) in [6.45, 7) is 5.36. The van der Waals surface area contributed by atoms with Gasteiger partial charge in [0.2, 0.25) is 0 Å². The number of piperidine rings is 1. The fourth-order valence-corrected chi connectivity index (χ4v) is 3.16. The molecular formula is C13H27IN2. The van der Waals surface area contributed by atoms with Crippen LogP contribution in [-0.2, 0) is 0 Å². The lowest BCUT2D eigenvalue weighted by Gasteiger charge is -2.42. The van der Waals surface area contributed by atoms with Crippen LogP contribution in [0.4, 0.5) is 0 Å². The van der Waals surface area contributed by atoms with E-state index in [9.17, 15) is 0 Å². The van der Waals surface area contributed by atoms with E-state index in [1.165, 1.54) is 51.9 Å². The molecule has 2 bridgehead atoms. The molecule has 2 atom stereocenters. The predicted octanol–water partition coefficient (Wildman–Crippen LogP) is -1.18. The van der Waals surface area contributed by atoms with Crippen LogP contribution in [0.5, 0.6) is 0 Å². The molecule has 96 valence electrons. The Morgan fingerprint density at radius 2 is 1.62 bits per heavy atom. The van der Waals surface area contributed by atoms with Gasteiger partial charge in [-0.3, -0.25) is 4.90 Å². The van der Waals surface area contributed by atoms with Crippen molar-refractivity contribution < 1.29 is 28.5 Å². The van der Waals surface area contributed by atoms with Crippen LogP contribution in [0.25, 0.3) is 0 Å². The minimum Gasteiger partial charge on any atom is -1.00 e. The Hall–Kier alpha value is 0.650. The predicted molar refractivity (Wildman–Crippen MR) is 64.8 cm³/mol. The van der Waals surface area contributed by atoms with Crippen LogP contribution in [0.15, 0.2) is 0 Å². The van der Waals surface area contributed by atoms with Crippen LogP contribution in [0.2, 0.25) is 0 Å². The number of likely N-dealkylation sites (N-methyl/N-ethyl adjacent to an activating group) is 1. The third-order valence-electron chi connectivity index (χ3n) is 4.01. The summed E-state index contributed by atoms with van der Waals surface area (Å²) >= 11 is 0. The summed E-state index contributed by atoms with van der Waals surface area (Å²) in [7, 11) is 6.89. The summed E-state index contributed by atoms with van der Waals surface area (Å²) in [4.78, 5) is 2.72. The van der Waals surface area contributed by atoms with E-state index >= 15 is 0 Å². The van der Waals surface area contributed by atoms with Gasteiger partial charge in [-0.15, -0.1) is 0 Å².